The lowest BCUT2D eigenvalue weighted by atomic mass is 10.1. The molecule has 5 nitrogen and oxygen atoms in total. The summed E-state index contributed by atoms with van der Waals surface area (Å²) in [5, 5.41) is 3.25. The topological polar surface area (TPSA) is 45.7 Å². The summed E-state index contributed by atoms with van der Waals surface area (Å²) in [5.74, 6) is 1.02. The number of ether oxygens (including phenoxy) is 1. The van der Waals surface area contributed by atoms with E-state index in [4.69, 9.17) is 4.74 Å². The van der Waals surface area contributed by atoms with Gasteiger partial charge in [0, 0.05) is 37.3 Å². The minimum atomic E-state index is 0.199. The Morgan fingerprint density at radius 3 is 2.50 bits per heavy atom. The molecule has 1 amide bonds. The Labute approximate surface area is 146 Å². The Morgan fingerprint density at radius 2 is 1.92 bits per heavy atom. The number of rotatable bonds is 5. The van der Waals surface area contributed by atoms with E-state index in [1.165, 1.54) is 0 Å². The van der Waals surface area contributed by atoms with Crippen LogP contribution < -0.4 is 4.74 Å². The fourth-order valence-electron chi connectivity index (χ4n) is 2.85. The first kappa shape index (κ1) is 16.9. The van der Waals surface area contributed by atoms with Gasteiger partial charge in [0.2, 0.25) is 5.91 Å². The molecule has 0 spiro atoms. The monoisotopic (exact) mass is 345 g/mol. The van der Waals surface area contributed by atoms with Crippen LogP contribution in [0.25, 0.3) is 0 Å². The average Bonchev–Trinajstić information content (AvgIpc) is 3.01. The smallest absolute Gasteiger partial charge is 0.227 e. The van der Waals surface area contributed by atoms with Crippen LogP contribution in [0.4, 0.5) is 0 Å². The molecule has 2 aromatic rings. The zero-order valence-electron chi connectivity index (χ0n) is 14.2. The normalized spacial score (nSPS) is 15.5. The van der Waals surface area contributed by atoms with Crippen LogP contribution in [-0.2, 0) is 17.8 Å². The van der Waals surface area contributed by atoms with E-state index in [1.807, 2.05) is 36.1 Å². The highest BCUT2D eigenvalue weighted by Gasteiger charge is 2.21. The molecule has 1 aliphatic heterocycles. The molecule has 1 fully saturated rings. The van der Waals surface area contributed by atoms with E-state index in [0.717, 1.165) is 54.7 Å². The summed E-state index contributed by atoms with van der Waals surface area (Å²) in [4.78, 5) is 21.3. The number of aromatic nitrogens is 1. The van der Waals surface area contributed by atoms with E-state index in [-0.39, 0.29) is 5.91 Å². The number of nitrogens with zero attached hydrogens (tertiary/aromatic N) is 3. The first-order valence-corrected chi connectivity index (χ1v) is 9.06. The van der Waals surface area contributed by atoms with Crippen molar-refractivity contribution in [3.63, 3.8) is 0 Å². The summed E-state index contributed by atoms with van der Waals surface area (Å²) in [6.45, 7) is 6.31. The Kier molecular flexibility index (Phi) is 5.48. The highest BCUT2D eigenvalue weighted by Crippen LogP contribution is 2.15. The molecule has 0 unspecified atom stereocenters. The van der Waals surface area contributed by atoms with Crippen molar-refractivity contribution < 1.29 is 9.53 Å². The van der Waals surface area contributed by atoms with Crippen molar-refractivity contribution in [3.05, 3.63) is 45.9 Å². The third kappa shape index (κ3) is 4.33. The van der Waals surface area contributed by atoms with Gasteiger partial charge in [-0.05, 0) is 24.6 Å². The molecule has 6 heteroatoms. The van der Waals surface area contributed by atoms with Crippen LogP contribution in [-0.4, -0.2) is 54.0 Å². The Hall–Kier alpha value is -1.92. The van der Waals surface area contributed by atoms with E-state index in [1.54, 1.807) is 18.4 Å². The minimum absolute atomic E-state index is 0.199. The number of amides is 1. The number of methoxy groups -OCH3 is 1. The second kappa shape index (κ2) is 7.77. The van der Waals surface area contributed by atoms with Crippen molar-refractivity contribution in [1.82, 2.24) is 14.8 Å². The molecule has 1 saturated heterocycles. The van der Waals surface area contributed by atoms with Gasteiger partial charge in [-0.15, -0.1) is 11.3 Å². The van der Waals surface area contributed by atoms with Crippen molar-refractivity contribution in [2.75, 3.05) is 33.3 Å². The quantitative estimate of drug-likeness (QED) is 0.834. The van der Waals surface area contributed by atoms with E-state index in [0.29, 0.717) is 6.42 Å². The molecule has 0 bridgehead atoms. The molecular formula is C18H23N3O2S. The molecule has 128 valence electrons. The lowest BCUT2D eigenvalue weighted by molar-refractivity contribution is -0.132. The van der Waals surface area contributed by atoms with Crippen LogP contribution in [0.15, 0.2) is 29.6 Å². The van der Waals surface area contributed by atoms with Crippen LogP contribution in [0.3, 0.4) is 0 Å². The van der Waals surface area contributed by atoms with Gasteiger partial charge in [-0.1, -0.05) is 12.1 Å². The molecular weight excluding hydrogens is 322 g/mol. The molecule has 0 saturated carbocycles. The van der Waals surface area contributed by atoms with Gasteiger partial charge < -0.3 is 9.64 Å². The van der Waals surface area contributed by atoms with E-state index in [9.17, 15) is 4.79 Å². The summed E-state index contributed by atoms with van der Waals surface area (Å²) in [5.41, 5.74) is 2.12. The second-order valence-electron chi connectivity index (χ2n) is 6.06. The minimum Gasteiger partial charge on any atom is -0.497 e. The van der Waals surface area contributed by atoms with E-state index >= 15 is 0 Å². The molecule has 24 heavy (non-hydrogen) atoms. The van der Waals surface area contributed by atoms with Crippen LogP contribution in [0.1, 0.15) is 16.3 Å². The van der Waals surface area contributed by atoms with Crippen molar-refractivity contribution in [1.29, 1.82) is 0 Å². The lowest BCUT2D eigenvalue weighted by Crippen LogP contribution is -2.48. The third-order valence-corrected chi connectivity index (χ3v) is 5.22. The zero-order valence-corrected chi connectivity index (χ0v) is 15.0. The van der Waals surface area contributed by atoms with E-state index in [2.05, 4.69) is 15.3 Å². The molecule has 1 aliphatic rings. The summed E-state index contributed by atoms with van der Waals surface area (Å²) < 4.78 is 5.15. The Bertz CT molecular complexity index is 676. The third-order valence-electron chi connectivity index (χ3n) is 4.26. The molecule has 3 rings (SSSR count). The lowest BCUT2D eigenvalue weighted by Gasteiger charge is -2.34. The van der Waals surface area contributed by atoms with Crippen LogP contribution in [0, 0.1) is 6.92 Å². The fraction of sp³-hybridized carbons (Fsp3) is 0.444. The number of carbonyl (C=O) groups is 1. The molecule has 1 aromatic carbocycles. The van der Waals surface area contributed by atoms with E-state index < -0.39 is 0 Å². The highest BCUT2D eigenvalue weighted by molar-refractivity contribution is 7.09. The standard InChI is InChI=1S/C18H23N3O2S/c1-14-13-24-17(19-14)12-20-7-9-21(10-8-20)18(22)11-15-3-5-16(23-2)6-4-15/h3-6,13H,7-12H2,1-2H3. The van der Waals surface area contributed by atoms with Gasteiger partial charge in [-0.3, -0.25) is 9.69 Å². The van der Waals surface area contributed by atoms with Gasteiger partial charge in [0.25, 0.3) is 0 Å². The number of piperazine rings is 1. The predicted molar refractivity (Wildman–Crippen MR) is 95.4 cm³/mol. The van der Waals surface area contributed by atoms with Gasteiger partial charge in [-0.2, -0.15) is 0 Å². The van der Waals surface area contributed by atoms with Crippen molar-refractivity contribution in [3.8, 4) is 5.75 Å². The molecule has 0 N–H and O–H groups in total. The zero-order chi connectivity index (χ0) is 16.9. The molecule has 0 aliphatic carbocycles. The summed E-state index contributed by atoms with van der Waals surface area (Å²) in [6.07, 6.45) is 0.454. The second-order valence-corrected chi connectivity index (χ2v) is 7.01. The molecule has 0 atom stereocenters. The fourth-order valence-corrected chi connectivity index (χ4v) is 3.66. The van der Waals surface area contributed by atoms with Crippen LogP contribution in [0.2, 0.25) is 0 Å². The maximum Gasteiger partial charge on any atom is 0.227 e. The maximum atomic E-state index is 12.5. The van der Waals surface area contributed by atoms with Crippen LogP contribution >= 0.6 is 11.3 Å². The number of carbonyl (C=O) groups excluding carboxylic acids is 1. The Balaban J connectivity index is 1.47. The number of hydrogen-bond acceptors (Lipinski definition) is 5. The summed E-state index contributed by atoms with van der Waals surface area (Å²) in [7, 11) is 1.65. The summed E-state index contributed by atoms with van der Waals surface area (Å²) in [6, 6.07) is 7.71. The average molecular weight is 345 g/mol. The number of aryl methyl sites for hydroxylation is 1. The van der Waals surface area contributed by atoms with Crippen LogP contribution in [0.5, 0.6) is 5.75 Å². The van der Waals surface area contributed by atoms with Crippen molar-refractivity contribution in [2.24, 2.45) is 0 Å². The maximum absolute atomic E-state index is 12.5. The first-order valence-electron chi connectivity index (χ1n) is 8.18. The SMILES string of the molecule is COc1ccc(CC(=O)N2CCN(Cc3nc(C)cs3)CC2)cc1. The summed E-state index contributed by atoms with van der Waals surface area (Å²) >= 11 is 1.71. The number of benzene rings is 1. The number of hydrogen-bond donors (Lipinski definition) is 0. The first-order chi connectivity index (χ1) is 11.6. The molecule has 0 radical (unpaired) electrons. The number of thiazole rings is 1. The molecule has 2 heterocycles. The molecule has 1 aromatic heterocycles. The predicted octanol–water partition coefficient (Wildman–Crippen LogP) is 2.35. The van der Waals surface area contributed by atoms with Crippen molar-refractivity contribution in [2.45, 2.75) is 19.9 Å². The van der Waals surface area contributed by atoms with Gasteiger partial charge >= 0.3 is 0 Å². The van der Waals surface area contributed by atoms with Gasteiger partial charge in [0.15, 0.2) is 0 Å². The van der Waals surface area contributed by atoms with Gasteiger partial charge in [-0.25, -0.2) is 4.98 Å². The highest BCUT2D eigenvalue weighted by atomic mass is 32.1. The van der Waals surface area contributed by atoms with Gasteiger partial charge in [0.1, 0.15) is 10.8 Å². The van der Waals surface area contributed by atoms with Gasteiger partial charge in [0.05, 0.1) is 20.1 Å². The van der Waals surface area contributed by atoms with Crippen molar-refractivity contribution >= 4 is 17.2 Å². The Morgan fingerprint density at radius 1 is 1.21 bits per heavy atom. The largest absolute Gasteiger partial charge is 0.497 e.